The topological polar surface area (TPSA) is 49.4 Å². The van der Waals surface area contributed by atoms with Crippen molar-refractivity contribution in [1.82, 2.24) is 10.2 Å². The Labute approximate surface area is 142 Å². The van der Waals surface area contributed by atoms with Gasteiger partial charge in [0.15, 0.2) is 0 Å². The highest BCUT2D eigenvalue weighted by Crippen LogP contribution is 2.44. The molecule has 4 aliphatic heterocycles. The van der Waals surface area contributed by atoms with E-state index in [4.69, 9.17) is 0 Å². The number of piperidine rings is 1. The van der Waals surface area contributed by atoms with E-state index >= 15 is 0 Å². The summed E-state index contributed by atoms with van der Waals surface area (Å²) < 4.78 is 25.8. The van der Waals surface area contributed by atoms with Gasteiger partial charge in [-0.1, -0.05) is 30.3 Å². The molecule has 2 aromatic carbocycles. The zero-order valence-corrected chi connectivity index (χ0v) is 14.2. The molecule has 0 spiro atoms. The monoisotopic (exact) mass is 340 g/mol. The van der Waals surface area contributed by atoms with Crippen molar-refractivity contribution >= 4 is 9.84 Å². The largest absolute Gasteiger partial charge is 0.312 e. The summed E-state index contributed by atoms with van der Waals surface area (Å²) in [6.45, 7) is 3.08. The summed E-state index contributed by atoms with van der Waals surface area (Å²) in [6, 6.07) is 14.2. The van der Waals surface area contributed by atoms with Gasteiger partial charge < -0.3 is 5.32 Å². The number of hydrogen-bond donors (Lipinski definition) is 1. The first-order valence-electron chi connectivity index (χ1n) is 8.60. The van der Waals surface area contributed by atoms with Crippen LogP contribution in [0.25, 0.3) is 11.1 Å². The first-order valence-corrected chi connectivity index (χ1v) is 10.1. The molecule has 1 unspecified atom stereocenters. The Morgan fingerprint density at radius 1 is 0.958 bits per heavy atom. The zero-order chi connectivity index (χ0) is 16.3. The Hall–Kier alpha value is -1.69. The van der Waals surface area contributed by atoms with Gasteiger partial charge in [-0.25, -0.2) is 8.42 Å². The first kappa shape index (κ1) is 14.6. The van der Waals surface area contributed by atoms with E-state index in [0.29, 0.717) is 15.8 Å². The average molecular weight is 340 g/mol. The van der Waals surface area contributed by atoms with E-state index in [2.05, 4.69) is 16.3 Å². The van der Waals surface area contributed by atoms with Gasteiger partial charge in [-0.05, 0) is 30.5 Å². The molecule has 0 saturated carbocycles. The van der Waals surface area contributed by atoms with Gasteiger partial charge in [-0.2, -0.15) is 0 Å². The zero-order valence-electron chi connectivity index (χ0n) is 13.4. The molecule has 6 rings (SSSR count). The molecule has 2 bridgehead atoms. The van der Waals surface area contributed by atoms with Crippen LogP contribution in [0.2, 0.25) is 0 Å². The summed E-state index contributed by atoms with van der Waals surface area (Å²) in [5.74, 6) is 0. The quantitative estimate of drug-likeness (QED) is 0.740. The number of benzene rings is 2. The van der Waals surface area contributed by atoms with Gasteiger partial charge in [0.25, 0.3) is 0 Å². The van der Waals surface area contributed by atoms with E-state index in [-0.39, 0.29) is 6.04 Å². The molecule has 24 heavy (non-hydrogen) atoms. The molecular formula is C19H20N2O2S. The lowest BCUT2D eigenvalue weighted by Gasteiger charge is -2.31. The molecule has 1 N–H and O–H groups in total. The lowest BCUT2D eigenvalue weighted by atomic mass is 9.99. The molecule has 4 aliphatic rings. The molecular weight excluding hydrogens is 320 g/mol. The molecule has 0 amide bonds. The summed E-state index contributed by atoms with van der Waals surface area (Å²) in [5, 5.41) is 3.64. The molecule has 4 heterocycles. The Balaban J connectivity index is 1.62. The second-order valence-electron chi connectivity index (χ2n) is 6.99. The maximum atomic E-state index is 12.9. The third-order valence-electron chi connectivity index (χ3n) is 5.72. The Kier molecular flexibility index (Phi) is 3.14. The SMILES string of the molecule is O=S1(=O)c2ccccc2-c2ccc(C3CNC4CCN3CC4)cc21. The van der Waals surface area contributed by atoms with E-state index in [1.54, 1.807) is 12.1 Å². The van der Waals surface area contributed by atoms with Crippen LogP contribution in [-0.2, 0) is 9.84 Å². The van der Waals surface area contributed by atoms with Gasteiger partial charge in [0.05, 0.1) is 9.79 Å². The van der Waals surface area contributed by atoms with Crippen LogP contribution in [0.4, 0.5) is 0 Å². The molecule has 3 fully saturated rings. The number of sulfone groups is 1. The van der Waals surface area contributed by atoms with Gasteiger partial charge >= 0.3 is 0 Å². The van der Waals surface area contributed by atoms with Gasteiger partial charge in [-0.15, -0.1) is 0 Å². The van der Waals surface area contributed by atoms with Crippen LogP contribution in [0.5, 0.6) is 0 Å². The van der Waals surface area contributed by atoms with E-state index in [0.717, 1.165) is 36.3 Å². The predicted octanol–water partition coefficient (Wildman–Crippen LogP) is 2.61. The minimum Gasteiger partial charge on any atom is -0.312 e. The number of hydrogen-bond acceptors (Lipinski definition) is 4. The molecule has 3 saturated heterocycles. The summed E-state index contributed by atoms with van der Waals surface area (Å²) in [5.41, 5.74) is 2.79. The Bertz CT molecular complexity index is 915. The van der Waals surface area contributed by atoms with Crippen LogP contribution < -0.4 is 5.32 Å². The molecule has 1 atom stereocenters. The smallest absolute Gasteiger partial charge is 0.207 e. The maximum Gasteiger partial charge on any atom is 0.207 e. The third-order valence-corrected chi connectivity index (χ3v) is 7.57. The summed E-state index contributed by atoms with van der Waals surface area (Å²) in [6.07, 6.45) is 2.37. The van der Waals surface area contributed by atoms with E-state index < -0.39 is 9.84 Å². The molecule has 4 nitrogen and oxygen atoms in total. The van der Waals surface area contributed by atoms with Crippen LogP contribution in [-0.4, -0.2) is 39.0 Å². The van der Waals surface area contributed by atoms with Crippen molar-refractivity contribution in [2.24, 2.45) is 0 Å². The van der Waals surface area contributed by atoms with Crippen LogP contribution in [0.15, 0.2) is 52.3 Å². The number of rotatable bonds is 1. The van der Waals surface area contributed by atoms with Crippen molar-refractivity contribution in [3.63, 3.8) is 0 Å². The molecule has 124 valence electrons. The third kappa shape index (κ3) is 2.01. The van der Waals surface area contributed by atoms with Crippen LogP contribution in [0.3, 0.4) is 0 Å². The van der Waals surface area contributed by atoms with Gasteiger partial charge in [-0.3, -0.25) is 4.90 Å². The highest BCUT2D eigenvalue weighted by atomic mass is 32.2. The van der Waals surface area contributed by atoms with E-state index in [9.17, 15) is 8.42 Å². The summed E-state index contributed by atoms with van der Waals surface area (Å²) >= 11 is 0. The average Bonchev–Trinajstić information content (AvgIpc) is 2.82. The number of nitrogens with one attached hydrogen (secondary N) is 1. The van der Waals surface area contributed by atoms with E-state index in [1.165, 1.54) is 12.8 Å². The summed E-state index contributed by atoms with van der Waals surface area (Å²) in [7, 11) is -3.39. The standard InChI is InChI=1S/C19H20N2O2S/c22-24(23)18-4-2-1-3-15(18)16-6-5-13(11-19(16)24)17-12-20-14-7-9-21(17)10-8-14/h1-6,11,14,17,20H,7-10,12H2. The normalized spacial score (nSPS) is 29.8. The number of nitrogens with zero attached hydrogens (tertiary/aromatic N) is 1. The van der Waals surface area contributed by atoms with Crippen molar-refractivity contribution in [2.75, 3.05) is 19.6 Å². The second-order valence-corrected chi connectivity index (χ2v) is 8.88. The van der Waals surface area contributed by atoms with E-state index in [1.807, 2.05) is 24.3 Å². The van der Waals surface area contributed by atoms with Crippen molar-refractivity contribution in [2.45, 2.75) is 34.7 Å². The summed E-state index contributed by atoms with van der Waals surface area (Å²) in [4.78, 5) is 3.41. The minimum atomic E-state index is -3.39. The van der Waals surface area contributed by atoms with Crippen molar-refractivity contribution in [1.29, 1.82) is 0 Å². The van der Waals surface area contributed by atoms with Crippen molar-refractivity contribution < 1.29 is 8.42 Å². The Morgan fingerprint density at radius 2 is 1.71 bits per heavy atom. The first-order chi connectivity index (χ1) is 11.6. The molecule has 0 aliphatic carbocycles. The van der Waals surface area contributed by atoms with Crippen LogP contribution in [0.1, 0.15) is 24.4 Å². The number of fused-ring (bicyclic) bond motifs is 7. The van der Waals surface area contributed by atoms with Crippen LogP contribution >= 0.6 is 0 Å². The minimum absolute atomic E-state index is 0.265. The fourth-order valence-electron chi connectivity index (χ4n) is 4.38. The lowest BCUT2D eigenvalue weighted by Crippen LogP contribution is -2.35. The van der Waals surface area contributed by atoms with Crippen molar-refractivity contribution in [3.8, 4) is 11.1 Å². The van der Waals surface area contributed by atoms with Gasteiger partial charge in [0.1, 0.15) is 0 Å². The highest BCUT2D eigenvalue weighted by molar-refractivity contribution is 7.92. The predicted molar refractivity (Wildman–Crippen MR) is 92.7 cm³/mol. The fraction of sp³-hybridized carbons (Fsp3) is 0.368. The fourth-order valence-corrected chi connectivity index (χ4v) is 6.11. The van der Waals surface area contributed by atoms with Gasteiger partial charge in [0.2, 0.25) is 9.84 Å². The molecule has 0 aromatic heterocycles. The van der Waals surface area contributed by atoms with Crippen molar-refractivity contribution in [3.05, 3.63) is 48.0 Å². The molecule has 0 radical (unpaired) electrons. The molecule has 5 heteroatoms. The lowest BCUT2D eigenvalue weighted by molar-refractivity contribution is 0.188. The Morgan fingerprint density at radius 3 is 2.54 bits per heavy atom. The second kappa shape index (κ2) is 5.15. The highest BCUT2D eigenvalue weighted by Gasteiger charge is 2.35. The molecule has 2 aromatic rings. The van der Waals surface area contributed by atoms with Gasteiger partial charge in [0, 0.05) is 42.8 Å². The maximum absolute atomic E-state index is 12.9. The van der Waals surface area contributed by atoms with Crippen LogP contribution in [0, 0.1) is 0 Å².